The van der Waals surface area contributed by atoms with Gasteiger partial charge in [-0.2, -0.15) is 0 Å². The number of hydrazine groups is 1. The van der Waals surface area contributed by atoms with Crippen molar-refractivity contribution in [3.63, 3.8) is 0 Å². The van der Waals surface area contributed by atoms with Gasteiger partial charge in [-0.1, -0.05) is 0 Å². The molecule has 0 aromatic heterocycles. The van der Waals surface area contributed by atoms with E-state index in [-0.39, 0.29) is 5.54 Å². The lowest BCUT2D eigenvalue weighted by Gasteiger charge is -2.56. The average molecular weight is 194 g/mol. The highest BCUT2D eigenvalue weighted by Gasteiger charge is 2.50. The first-order chi connectivity index (χ1) is 6.80. The molecule has 0 saturated heterocycles. The van der Waals surface area contributed by atoms with Gasteiger partial charge in [-0.3, -0.25) is 10.2 Å². The summed E-state index contributed by atoms with van der Waals surface area (Å²) in [5.41, 5.74) is 6.19. The fourth-order valence-electron chi connectivity index (χ4n) is 4.45. The van der Waals surface area contributed by atoms with Crippen LogP contribution in [0.2, 0.25) is 0 Å². The largest absolute Gasteiger partial charge is 0.294 e. The van der Waals surface area contributed by atoms with Gasteiger partial charge in [0.2, 0.25) is 6.41 Å². The van der Waals surface area contributed by atoms with Crippen LogP contribution in [0, 0.1) is 17.8 Å². The van der Waals surface area contributed by atoms with Gasteiger partial charge < -0.3 is 0 Å². The second-order valence-corrected chi connectivity index (χ2v) is 5.59. The molecule has 0 aromatic carbocycles. The quantitative estimate of drug-likeness (QED) is 0.523. The Hall–Kier alpha value is -0.570. The molecule has 0 aromatic rings. The first-order valence-corrected chi connectivity index (χ1v) is 5.76. The molecular weight excluding hydrogens is 176 g/mol. The van der Waals surface area contributed by atoms with Crippen molar-refractivity contribution >= 4 is 6.41 Å². The molecule has 0 heterocycles. The number of carbonyl (C=O) groups is 1. The van der Waals surface area contributed by atoms with Crippen LogP contribution < -0.4 is 10.9 Å². The van der Waals surface area contributed by atoms with Gasteiger partial charge in [0.25, 0.3) is 0 Å². The van der Waals surface area contributed by atoms with Gasteiger partial charge in [0, 0.05) is 5.54 Å². The molecule has 4 aliphatic carbocycles. The molecule has 4 saturated carbocycles. The van der Waals surface area contributed by atoms with Crippen LogP contribution in [-0.4, -0.2) is 11.9 Å². The van der Waals surface area contributed by atoms with Crippen LogP contribution in [0.1, 0.15) is 38.5 Å². The SMILES string of the molecule is O=CNNC12CC3CC(CC(C3)C1)C2. The standard InChI is InChI=1S/C11H18N2O/c14-7-12-13-11-4-8-1-9(5-11)3-10(2-8)6-11/h7-10,13H,1-6H2,(H,12,14). The third-order valence-corrected chi connectivity index (χ3v) is 4.43. The number of nitrogens with one attached hydrogen (secondary N) is 2. The monoisotopic (exact) mass is 194 g/mol. The fraction of sp³-hybridized carbons (Fsp3) is 0.909. The Kier molecular flexibility index (Phi) is 1.84. The molecule has 4 aliphatic rings. The van der Waals surface area contributed by atoms with E-state index in [1.807, 2.05) is 0 Å². The van der Waals surface area contributed by atoms with E-state index in [2.05, 4.69) is 10.9 Å². The zero-order chi connectivity index (χ0) is 9.60. The summed E-state index contributed by atoms with van der Waals surface area (Å²) in [6.45, 7) is 0. The summed E-state index contributed by atoms with van der Waals surface area (Å²) in [5.74, 6) is 2.80. The lowest BCUT2D eigenvalue weighted by atomic mass is 9.53. The summed E-state index contributed by atoms with van der Waals surface area (Å²) < 4.78 is 0. The van der Waals surface area contributed by atoms with Crippen molar-refractivity contribution in [2.75, 3.05) is 0 Å². The summed E-state index contributed by atoms with van der Waals surface area (Å²) in [4.78, 5) is 10.3. The third-order valence-electron chi connectivity index (χ3n) is 4.43. The summed E-state index contributed by atoms with van der Waals surface area (Å²) in [7, 11) is 0. The maximum Gasteiger partial charge on any atom is 0.221 e. The molecule has 14 heavy (non-hydrogen) atoms. The normalized spacial score (nSPS) is 49.3. The molecule has 3 heteroatoms. The minimum atomic E-state index is 0.260. The minimum absolute atomic E-state index is 0.260. The predicted octanol–water partition coefficient (Wildman–Crippen LogP) is 1.21. The Morgan fingerprint density at radius 2 is 1.50 bits per heavy atom. The summed E-state index contributed by atoms with van der Waals surface area (Å²) >= 11 is 0. The van der Waals surface area contributed by atoms with Gasteiger partial charge in [-0.25, -0.2) is 5.43 Å². The Morgan fingerprint density at radius 1 is 1.00 bits per heavy atom. The molecule has 4 rings (SSSR count). The molecular formula is C11H18N2O. The van der Waals surface area contributed by atoms with Gasteiger partial charge >= 0.3 is 0 Å². The van der Waals surface area contributed by atoms with Gasteiger partial charge in [0.15, 0.2) is 0 Å². The molecule has 2 N–H and O–H groups in total. The maximum absolute atomic E-state index is 10.3. The zero-order valence-electron chi connectivity index (χ0n) is 8.46. The second-order valence-electron chi connectivity index (χ2n) is 5.59. The highest BCUT2D eigenvalue weighted by Crippen LogP contribution is 2.55. The Labute approximate surface area is 84.6 Å². The number of rotatable bonds is 3. The first-order valence-electron chi connectivity index (χ1n) is 5.76. The molecule has 4 fully saturated rings. The third kappa shape index (κ3) is 1.26. The summed E-state index contributed by atoms with van der Waals surface area (Å²) in [6, 6.07) is 0. The molecule has 3 nitrogen and oxygen atoms in total. The lowest BCUT2D eigenvalue weighted by Crippen LogP contribution is -2.61. The van der Waals surface area contributed by atoms with Gasteiger partial charge in [-0.05, 0) is 56.3 Å². The fourth-order valence-corrected chi connectivity index (χ4v) is 4.45. The van der Waals surface area contributed by atoms with E-state index >= 15 is 0 Å². The Bertz CT molecular complexity index is 216. The van der Waals surface area contributed by atoms with E-state index in [1.165, 1.54) is 38.5 Å². The highest BCUT2D eigenvalue weighted by atomic mass is 16.1. The summed E-state index contributed by atoms with van der Waals surface area (Å²) in [5, 5.41) is 0. The van der Waals surface area contributed by atoms with Crippen molar-refractivity contribution < 1.29 is 4.79 Å². The molecule has 78 valence electrons. The smallest absolute Gasteiger partial charge is 0.221 e. The molecule has 0 atom stereocenters. The maximum atomic E-state index is 10.3. The lowest BCUT2D eigenvalue weighted by molar-refractivity contribution is -0.112. The van der Waals surface area contributed by atoms with E-state index in [0.717, 1.165) is 24.2 Å². The van der Waals surface area contributed by atoms with E-state index in [0.29, 0.717) is 0 Å². The van der Waals surface area contributed by atoms with Gasteiger partial charge in [0.1, 0.15) is 0 Å². The van der Waals surface area contributed by atoms with Crippen LogP contribution in [0.3, 0.4) is 0 Å². The number of amides is 1. The van der Waals surface area contributed by atoms with Gasteiger partial charge in [-0.15, -0.1) is 0 Å². The topological polar surface area (TPSA) is 41.1 Å². The molecule has 0 aliphatic heterocycles. The van der Waals surface area contributed by atoms with E-state index < -0.39 is 0 Å². The van der Waals surface area contributed by atoms with Crippen molar-refractivity contribution in [2.24, 2.45) is 17.8 Å². The van der Waals surface area contributed by atoms with Crippen LogP contribution in [0.25, 0.3) is 0 Å². The minimum Gasteiger partial charge on any atom is -0.294 e. The molecule has 4 bridgehead atoms. The zero-order valence-corrected chi connectivity index (χ0v) is 8.46. The number of hydrogen-bond donors (Lipinski definition) is 2. The van der Waals surface area contributed by atoms with Crippen molar-refractivity contribution in [1.82, 2.24) is 10.9 Å². The Balaban J connectivity index is 1.77. The molecule has 1 amide bonds. The van der Waals surface area contributed by atoms with Gasteiger partial charge in [0.05, 0.1) is 0 Å². The van der Waals surface area contributed by atoms with Crippen LogP contribution in [0.4, 0.5) is 0 Å². The van der Waals surface area contributed by atoms with E-state index in [1.54, 1.807) is 0 Å². The first kappa shape index (κ1) is 8.72. The van der Waals surface area contributed by atoms with Crippen molar-refractivity contribution in [2.45, 2.75) is 44.1 Å². The van der Waals surface area contributed by atoms with Crippen LogP contribution in [0.15, 0.2) is 0 Å². The Morgan fingerprint density at radius 3 is 1.93 bits per heavy atom. The van der Waals surface area contributed by atoms with Crippen LogP contribution in [0.5, 0.6) is 0 Å². The van der Waals surface area contributed by atoms with E-state index in [9.17, 15) is 4.79 Å². The molecule has 0 spiro atoms. The highest BCUT2D eigenvalue weighted by molar-refractivity contribution is 5.45. The molecule has 0 unspecified atom stereocenters. The second kappa shape index (κ2) is 2.96. The number of carbonyl (C=O) groups excluding carboxylic acids is 1. The average Bonchev–Trinajstić information content (AvgIpc) is 2.12. The summed E-state index contributed by atoms with van der Waals surface area (Å²) in [6.07, 6.45) is 8.93. The van der Waals surface area contributed by atoms with Crippen LogP contribution >= 0.6 is 0 Å². The van der Waals surface area contributed by atoms with Crippen molar-refractivity contribution in [3.8, 4) is 0 Å². The van der Waals surface area contributed by atoms with Crippen LogP contribution in [-0.2, 0) is 4.79 Å². The van der Waals surface area contributed by atoms with Crippen molar-refractivity contribution in [1.29, 1.82) is 0 Å². The van der Waals surface area contributed by atoms with Crippen molar-refractivity contribution in [3.05, 3.63) is 0 Å². The predicted molar refractivity (Wildman–Crippen MR) is 53.2 cm³/mol. The van der Waals surface area contributed by atoms with E-state index in [4.69, 9.17) is 0 Å². The number of hydrogen-bond acceptors (Lipinski definition) is 2. The molecule has 0 radical (unpaired) electrons.